The third kappa shape index (κ3) is 2.89. The first-order valence-electron chi connectivity index (χ1n) is 4.97. The third-order valence-corrected chi connectivity index (χ3v) is 2.23. The average molecular weight is 224 g/mol. The van der Waals surface area contributed by atoms with Gasteiger partial charge in [0.15, 0.2) is 17.3 Å². The van der Waals surface area contributed by atoms with E-state index in [0.29, 0.717) is 6.42 Å². The van der Waals surface area contributed by atoms with Crippen LogP contribution in [0.3, 0.4) is 0 Å². The molecule has 1 aromatic carbocycles. The van der Waals surface area contributed by atoms with Gasteiger partial charge in [0.05, 0.1) is 13.5 Å². The van der Waals surface area contributed by atoms with Gasteiger partial charge in [0.25, 0.3) is 0 Å². The van der Waals surface area contributed by atoms with Gasteiger partial charge < -0.3 is 4.74 Å². The lowest BCUT2D eigenvalue weighted by atomic mass is 10.0. The fourth-order valence-corrected chi connectivity index (χ4v) is 1.25. The molecule has 0 aliphatic heterocycles. The molecule has 0 aromatic heterocycles. The highest BCUT2D eigenvalue weighted by atomic mass is 19.1. The normalized spacial score (nSPS) is 9.94. The molecular weight excluding hydrogens is 211 g/mol. The van der Waals surface area contributed by atoms with Crippen LogP contribution in [0.1, 0.15) is 30.1 Å². The molecule has 16 heavy (non-hydrogen) atoms. The smallest absolute Gasteiger partial charge is 0.170 e. The Morgan fingerprint density at radius 2 is 2.06 bits per heavy atom. The summed E-state index contributed by atoms with van der Waals surface area (Å²) in [5.41, 5.74) is 0.195. The maximum atomic E-state index is 13.3. The first kappa shape index (κ1) is 12.4. The van der Waals surface area contributed by atoms with Gasteiger partial charge >= 0.3 is 0 Å². The van der Waals surface area contributed by atoms with Crippen molar-refractivity contribution in [3.05, 3.63) is 29.6 Å². The van der Waals surface area contributed by atoms with E-state index >= 15 is 0 Å². The maximum Gasteiger partial charge on any atom is 0.170 e. The fraction of sp³-hybridized carbons (Fsp3) is 0.333. The highest BCUT2D eigenvalue weighted by molar-refractivity contribution is 6.07. The summed E-state index contributed by atoms with van der Waals surface area (Å²) in [6.45, 7) is 1.68. The van der Waals surface area contributed by atoms with Gasteiger partial charge in [-0.2, -0.15) is 0 Å². The van der Waals surface area contributed by atoms with E-state index in [9.17, 15) is 14.0 Å². The standard InChI is InChI=1S/C12H13FO3/c1-3-9(14)7-11(15)8-4-5-12(16-2)10(13)6-8/h4-6H,3,7H2,1-2H3. The number of carbonyl (C=O) groups is 2. The molecule has 0 spiro atoms. The second kappa shape index (κ2) is 5.39. The summed E-state index contributed by atoms with van der Waals surface area (Å²) < 4.78 is 18.0. The lowest BCUT2D eigenvalue weighted by molar-refractivity contribution is -0.117. The van der Waals surface area contributed by atoms with Gasteiger partial charge in [0, 0.05) is 12.0 Å². The maximum absolute atomic E-state index is 13.3. The van der Waals surface area contributed by atoms with Gasteiger partial charge in [0.2, 0.25) is 0 Å². The third-order valence-electron chi connectivity index (χ3n) is 2.23. The van der Waals surface area contributed by atoms with Crippen LogP contribution in [-0.4, -0.2) is 18.7 Å². The lowest BCUT2D eigenvalue weighted by Gasteiger charge is -2.03. The number of ketones is 2. The fourth-order valence-electron chi connectivity index (χ4n) is 1.25. The molecule has 3 nitrogen and oxygen atoms in total. The predicted molar refractivity (Wildman–Crippen MR) is 57.2 cm³/mol. The molecule has 1 rings (SSSR count). The molecule has 0 atom stereocenters. The van der Waals surface area contributed by atoms with E-state index in [1.807, 2.05) is 0 Å². The first-order chi connectivity index (χ1) is 7.58. The average Bonchev–Trinajstić information content (AvgIpc) is 2.28. The summed E-state index contributed by atoms with van der Waals surface area (Å²) in [7, 11) is 1.35. The molecule has 0 radical (unpaired) electrons. The zero-order valence-corrected chi connectivity index (χ0v) is 9.25. The number of benzene rings is 1. The highest BCUT2D eigenvalue weighted by Gasteiger charge is 2.12. The minimum absolute atomic E-state index is 0.0818. The molecule has 0 saturated carbocycles. The summed E-state index contributed by atoms with van der Waals surface area (Å²) in [5.74, 6) is -1.04. The molecule has 0 amide bonds. The van der Waals surface area contributed by atoms with E-state index in [4.69, 9.17) is 4.74 Å². The molecule has 0 fully saturated rings. The van der Waals surface area contributed by atoms with Gasteiger partial charge in [-0.3, -0.25) is 9.59 Å². The van der Waals surface area contributed by atoms with Gasteiger partial charge in [-0.1, -0.05) is 6.92 Å². The van der Waals surface area contributed by atoms with Crippen LogP contribution >= 0.6 is 0 Å². The Bertz CT molecular complexity index is 413. The van der Waals surface area contributed by atoms with E-state index in [1.165, 1.54) is 19.2 Å². The summed E-state index contributed by atoms with van der Waals surface area (Å²) >= 11 is 0. The lowest BCUT2D eigenvalue weighted by Crippen LogP contribution is -2.07. The van der Waals surface area contributed by atoms with Crippen LogP contribution in [0.2, 0.25) is 0 Å². The predicted octanol–water partition coefficient (Wildman–Crippen LogP) is 2.39. The number of ether oxygens (including phenoxy) is 1. The van der Waals surface area contributed by atoms with Crippen LogP contribution in [-0.2, 0) is 4.79 Å². The number of halogens is 1. The van der Waals surface area contributed by atoms with Crippen LogP contribution in [0.4, 0.5) is 4.39 Å². The minimum Gasteiger partial charge on any atom is -0.494 e. The van der Waals surface area contributed by atoms with Crippen LogP contribution in [0.5, 0.6) is 5.75 Å². The van der Waals surface area contributed by atoms with E-state index in [2.05, 4.69) is 0 Å². The molecule has 0 aliphatic rings. The van der Waals surface area contributed by atoms with Crippen molar-refractivity contribution in [2.75, 3.05) is 7.11 Å². The minimum atomic E-state index is -0.600. The molecule has 0 bridgehead atoms. The number of rotatable bonds is 5. The van der Waals surface area contributed by atoms with Crippen molar-refractivity contribution < 1.29 is 18.7 Å². The van der Waals surface area contributed by atoms with Crippen molar-refractivity contribution in [1.29, 1.82) is 0 Å². The van der Waals surface area contributed by atoms with Crippen LogP contribution in [0.15, 0.2) is 18.2 Å². The Hall–Kier alpha value is -1.71. The molecule has 0 saturated heterocycles. The number of carbonyl (C=O) groups excluding carboxylic acids is 2. The summed E-state index contributed by atoms with van der Waals surface area (Å²) in [6.07, 6.45) is 0.132. The number of methoxy groups -OCH3 is 1. The van der Waals surface area contributed by atoms with Gasteiger partial charge in [-0.05, 0) is 18.2 Å². The molecular formula is C12H13FO3. The SMILES string of the molecule is CCC(=O)CC(=O)c1ccc(OC)c(F)c1. The van der Waals surface area contributed by atoms with Gasteiger partial charge in [0.1, 0.15) is 5.78 Å². The van der Waals surface area contributed by atoms with Crippen molar-refractivity contribution in [3.8, 4) is 5.75 Å². The summed E-state index contributed by atoms with van der Waals surface area (Å²) in [4.78, 5) is 22.6. The number of hydrogen-bond acceptors (Lipinski definition) is 3. The van der Waals surface area contributed by atoms with Crippen molar-refractivity contribution in [1.82, 2.24) is 0 Å². The van der Waals surface area contributed by atoms with E-state index < -0.39 is 5.82 Å². The number of hydrogen-bond donors (Lipinski definition) is 0. The first-order valence-corrected chi connectivity index (χ1v) is 4.97. The Morgan fingerprint density at radius 3 is 2.56 bits per heavy atom. The molecule has 0 heterocycles. The van der Waals surface area contributed by atoms with Gasteiger partial charge in [-0.15, -0.1) is 0 Å². The molecule has 0 unspecified atom stereocenters. The molecule has 86 valence electrons. The second-order valence-corrected chi connectivity index (χ2v) is 3.34. The van der Waals surface area contributed by atoms with Gasteiger partial charge in [-0.25, -0.2) is 4.39 Å². The Labute approximate surface area is 93.2 Å². The zero-order chi connectivity index (χ0) is 12.1. The van der Waals surface area contributed by atoms with Crippen molar-refractivity contribution in [2.45, 2.75) is 19.8 Å². The Morgan fingerprint density at radius 1 is 1.38 bits per heavy atom. The second-order valence-electron chi connectivity index (χ2n) is 3.34. The van der Waals surface area contributed by atoms with Crippen LogP contribution < -0.4 is 4.74 Å². The molecule has 4 heteroatoms. The molecule has 0 N–H and O–H groups in total. The Kier molecular flexibility index (Phi) is 4.17. The highest BCUT2D eigenvalue weighted by Crippen LogP contribution is 2.18. The largest absolute Gasteiger partial charge is 0.494 e. The van der Waals surface area contributed by atoms with Crippen molar-refractivity contribution in [3.63, 3.8) is 0 Å². The monoisotopic (exact) mass is 224 g/mol. The quantitative estimate of drug-likeness (QED) is 0.569. The van der Waals surface area contributed by atoms with Crippen molar-refractivity contribution >= 4 is 11.6 Å². The topological polar surface area (TPSA) is 43.4 Å². The van der Waals surface area contributed by atoms with Crippen LogP contribution in [0, 0.1) is 5.82 Å². The molecule has 1 aromatic rings. The zero-order valence-electron chi connectivity index (χ0n) is 9.25. The Balaban J connectivity index is 2.85. The van der Waals surface area contributed by atoms with Crippen LogP contribution in [0.25, 0.3) is 0 Å². The van der Waals surface area contributed by atoms with E-state index in [1.54, 1.807) is 6.92 Å². The summed E-state index contributed by atoms with van der Waals surface area (Å²) in [5, 5.41) is 0. The van der Waals surface area contributed by atoms with Crippen molar-refractivity contribution in [2.24, 2.45) is 0 Å². The summed E-state index contributed by atoms with van der Waals surface area (Å²) in [6, 6.07) is 3.91. The van der Waals surface area contributed by atoms with E-state index in [0.717, 1.165) is 6.07 Å². The number of Topliss-reactive ketones (excluding diaryl/α,β-unsaturated/α-hetero) is 2. The van der Waals surface area contributed by atoms with E-state index in [-0.39, 0.29) is 29.3 Å². The molecule has 0 aliphatic carbocycles.